The Morgan fingerprint density at radius 2 is 1.47 bits per heavy atom. The van der Waals surface area contributed by atoms with Crippen molar-refractivity contribution in [2.45, 2.75) is 62.0 Å². The standard InChI is InChI=1S/C32H36N2O8S/c1-43(39,40)25-16-14-22(15-17-25)19-26(34-31(38)42-21-24-11-6-3-7-12-24)28(35)29(36)32(18-8-13-27(32)33)30(37)41-20-23-9-4-2-5-10-23/h2-7,9-12,14-17,26-28,35H,8,13,18-21,33H2,1H3,(H,34,38)/t26-,27?,28+,32?/m1/s1. The van der Waals surface area contributed by atoms with Crippen molar-refractivity contribution in [3.8, 4) is 0 Å². The number of esters is 1. The number of nitrogens with one attached hydrogen (secondary N) is 1. The Kier molecular flexibility index (Phi) is 10.3. The average Bonchev–Trinajstić information content (AvgIpc) is 3.40. The van der Waals surface area contributed by atoms with E-state index < -0.39 is 51.3 Å². The Morgan fingerprint density at radius 1 is 0.907 bits per heavy atom. The number of ketones is 1. The second-order valence-corrected chi connectivity index (χ2v) is 12.8. The van der Waals surface area contributed by atoms with Gasteiger partial charge in [0.25, 0.3) is 0 Å². The maximum atomic E-state index is 14.0. The highest BCUT2D eigenvalue weighted by Gasteiger charge is 2.57. The number of aliphatic hydroxyl groups is 1. The predicted octanol–water partition coefficient (Wildman–Crippen LogP) is 3.10. The van der Waals surface area contributed by atoms with Crippen LogP contribution in [0.3, 0.4) is 0 Å². The van der Waals surface area contributed by atoms with Crippen molar-refractivity contribution in [3.05, 3.63) is 102 Å². The number of nitrogens with two attached hydrogens (primary N) is 1. The SMILES string of the molecule is CS(=O)(=O)c1ccc(C[C@@H](NC(=O)OCc2ccccc2)[C@H](O)C(=O)C2(C(=O)OCc3ccccc3)CCCC2N)cc1. The van der Waals surface area contributed by atoms with Gasteiger partial charge < -0.3 is 25.6 Å². The average molecular weight is 609 g/mol. The van der Waals surface area contributed by atoms with E-state index in [0.29, 0.717) is 18.4 Å². The molecule has 0 spiro atoms. The summed E-state index contributed by atoms with van der Waals surface area (Å²) in [6.07, 6.45) is -0.781. The lowest BCUT2D eigenvalue weighted by molar-refractivity contribution is -0.165. The molecule has 0 aliphatic heterocycles. The van der Waals surface area contributed by atoms with Gasteiger partial charge in [-0.25, -0.2) is 13.2 Å². The molecule has 1 aliphatic rings. The highest BCUT2D eigenvalue weighted by Crippen LogP contribution is 2.41. The molecule has 2 unspecified atom stereocenters. The van der Waals surface area contributed by atoms with E-state index in [4.69, 9.17) is 15.2 Å². The van der Waals surface area contributed by atoms with Gasteiger partial charge in [0.15, 0.2) is 15.6 Å². The Bertz CT molecular complexity index is 1510. The second-order valence-electron chi connectivity index (χ2n) is 10.8. The number of rotatable bonds is 12. The molecule has 4 N–H and O–H groups in total. The number of hydrogen-bond donors (Lipinski definition) is 3. The fraction of sp³-hybridized carbons (Fsp3) is 0.344. The normalized spacial score (nSPS) is 19.7. The zero-order valence-corrected chi connectivity index (χ0v) is 24.7. The monoisotopic (exact) mass is 608 g/mol. The van der Waals surface area contributed by atoms with E-state index in [-0.39, 0.29) is 31.0 Å². The molecule has 11 heteroatoms. The number of Topliss-reactive ketones (excluding diaryl/α,β-unsaturated/α-hetero) is 1. The van der Waals surface area contributed by atoms with Crippen LogP contribution >= 0.6 is 0 Å². The van der Waals surface area contributed by atoms with Crippen molar-refractivity contribution < 1.29 is 37.4 Å². The molecule has 1 saturated carbocycles. The number of aliphatic hydroxyl groups excluding tert-OH is 1. The Balaban J connectivity index is 1.56. The first kappa shape index (κ1) is 31.9. The zero-order valence-electron chi connectivity index (χ0n) is 23.8. The molecule has 4 rings (SSSR count). The number of ether oxygens (including phenoxy) is 2. The van der Waals surface area contributed by atoms with Crippen LogP contribution in [-0.2, 0) is 48.5 Å². The van der Waals surface area contributed by atoms with E-state index in [0.717, 1.165) is 17.4 Å². The van der Waals surface area contributed by atoms with Crippen LogP contribution in [-0.4, -0.2) is 55.8 Å². The molecular weight excluding hydrogens is 572 g/mol. The number of alkyl carbamates (subject to hydrolysis) is 1. The fourth-order valence-corrected chi connectivity index (χ4v) is 5.91. The van der Waals surface area contributed by atoms with Crippen LogP contribution in [0.4, 0.5) is 4.79 Å². The van der Waals surface area contributed by atoms with Crippen LogP contribution in [0.2, 0.25) is 0 Å². The van der Waals surface area contributed by atoms with Gasteiger partial charge >= 0.3 is 12.1 Å². The third-order valence-corrected chi connectivity index (χ3v) is 8.84. The lowest BCUT2D eigenvalue weighted by Gasteiger charge is -2.34. The van der Waals surface area contributed by atoms with Gasteiger partial charge in [-0.2, -0.15) is 0 Å². The number of carbonyl (C=O) groups is 3. The summed E-state index contributed by atoms with van der Waals surface area (Å²) in [6.45, 7) is -0.120. The van der Waals surface area contributed by atoms with Crippen LogP contribution in [0.25, 0.3) is 0 Å². The third-order valence-electron chi connectivity index (χ3n) is 7.71. The molecule has 228 valence electrons. The predicted molar refractivity (Wildman–Crippen MR) is 158 cm³/mol. The van der Waals surface area contributed by atoms with Crippen LogP contribution in [0.15, 0.2) is 89.8 Å². The molecule has 3 aromatic carbocycles. The minimum atomic E-state index is -3.45. The fourth-order valence-electron chi connectivity index (χ4n) is 5.28. The van der Waals surface area contributed by atoms with Crippen molar-refractivity contribution in [2.24, 2.45) is 11.1 Å². The number of hydrogen-bond acceptors (Lipinski definition) is 9. The van der Waals surface area contributed by atoms with E-state index in [1.54, 1.807) is 48.5 Å². The van der Waals surface area contributed by atoms with Gasteiger partial charge in [0.1, 0.15) is 24.7 Å². The van der Waals surface area contributed by atoms with E-state index in [2.05, 4.69) is 5.32 Å². The van der Waals surface area contributed by atoms with E-state index in [1.165, 1.54) is 24.3 Å². The minimum absolute atomic E-state index is 0.0485. The molecule has 1 fully saturated rings. The zero-order chi connectivity index (χ0) is 31.0. The highest BCUT2D eigenvalue weighted by molar-refractivity contribution is 7.90. The van der Waals surface area contributed by atoms with Crippen molar-refractivity contribution in [1.29, 1.82) is 0 Å². The van der Waals surface area contributed by atoms with E-state index >= 15 is 0 Å². The maximum absolute atomic E-state index is 14.0. The molecule has 4 atom stereocenters. The van der Waals surface area contributed by atoms with Gasteiger partial charge in [-0.05, 0) is 48.1 Å². The van der Waals surface area contributed by atoms with Gasteiger partial charge in [0.2, 0.25) is 0 Å². The molecule has 0 heterocycles. The van der Waals surface area contributed by atoms with Crippen molar-refractivity contribution in [3.63, 3.8) is 0 Å². The molecule has 0 saturated heterocycles. The summed E-state index contributed by atoms with van der Waals surface area (Å²) in [5.41, 5.74) is 6.53. The molecule has 0 radical (unpaired) electrons. The summed E-state index contributed by atoms with van der Waals surface area (Å²) in [7, 11) is -3.45. The molecule has 3 aromatic rings. The summed E-state index contributed by atoms with van der Waals surface area (Å²) < 4.78 is 34.7. The number of amides is 1. The van der Waals surface area contributed by atoms with Gasteiger partial charge in [-0.15, -0.1) is 0 Å². The maximum Gasteiger partial charge on any atom is 0.407 e. The number of benzene rings is 3. The van der Waals surface area contributed by atoms with Gasteiger partial charge in [0, 0.05) is 12.3 Å². The summed E-state index contributed by atoms with van der Waals surface area (Å²) in [6, 6.07) is 21.7. The molecule has 0 bridgehead atoms. The summed E-state index contributed by atoms with van der Waals surface area (Å²) in [5.74, 6) is -1.68. The summed E-state index contributed by atoms with van der Waals surface area (Å²) in [5, 5.41) is 14.0. The molecule has 10 nitrogen and oxygen atoms in total. The minimum Gasteiger partial charge on any atom is -0.460 e. The van der Waals surface area contributed by atoms with Crippen LogP contribution in [0.1, 0.15) is 36.0 Å². The molecular formula is C32H36N2O8S. The van der Waals surface area contributed by atoms with E-state index in [1.807, 2.05) is 12.1 Å². The number of sulfone groups is 1. The lowest BCUT2D eigenvalue weighted by atomic mass is 9.74. The smallest absolute Gasteiger partial charge is 0.407 e. The summed E-state index contributed by atoms with van der Waals surface area (Å²) >= 11 is 0. The van der Waals surface area contributed by atoms with Crippen molar-refractivity contribution in [2.75, 3.05) is 6.26 Å². The first-order chi connectivity index (χ1) is 20.5. The van der Waals surface area contributed by atoms with Gasteiger partial charge in [-0.3, -0.25) is 9.59 Å². The summed E-state index contributed by atoms with van der Waals surface area (Å²) in [4.78, 5) is 40.4. The van der Waals surface area contributed by atoms with Crippen molar-refractivity contribution in [1.82, 2.24) is 5.32 Å². The van der Waals surface area contributed by atoms with Crippen LogP contribution < -0.4 is 11.1 Å². The third kappa shape index (κ3) is 7.86. The highest BCUT2D eigenvalue weighted by atomic mass is 32.2. The van der Waals surface area contributed by atoms with Gasteiger partial charge in [-0.1, -0.05) is 79.2 Å². The first-order valence-electron chi connectivity index (χ1n) is 14.0. The molecule has 1 aliphatic carbocycles. The number of carbonyl (C=O) groups excluding carboxylic acids is 3. The van der Waals surface area contributed by atoms with Gasteiger partial charge in [0.05, 0.1) is 10.9 Å². The lowest BCUT2D eigenvalue weighted by Crippen LogP contribution is -2.59. The Labute approximate surface area is 251 Å². The van der Waals surface area contributed by atoms with Crippen molar-refractivity contribution >= 4 is 27.7 Å². The molecule has 0 aromatic heterocycles. The molecule has 1 amide bonds. The largest absolute Gasteiger partial charge is 0.460 e. The van der Waals surface area contributed by atoms with Crippen LogP contribution in [0.5, 0.6) is 0 Å². The second kappa shape index (κ2) is 13.9. The quantitative estimate of drug-likeness (QED) is 0.207. The van der Waals surface area contributed by atoms with Crippen LogP contribution in [0, 0.1) is 5.41 Å². The Hall–Kier alpha value is -4.06. The topological polar surface area (TPSA) is 162 Å². The first-order valence-corrected chi connectivity index (χ1v) is 15.8. The molecule has 43 heavy (non-hydrogen) atoms. The Morgan fingerprint density at radius 3 is 1.98 bits per heavy atom. The van der Waals surface area contributed by atoms with E-state index in [9.17, 15) is 27.9 Å².